The highest BCUT2D eigenvalue weighted by molar-refractivity contribution is 6.76. The molecular formula is C20H22BN2O+. The van der Waals surface area contributed by atoms with Gasteiger partial charge in [-0.2, -0.15) is 0 Å². The van der Waals surface area contributed by atoms with Crippen LogP contribution >= 0.6 is 0 Å². The number of fused-ring (bicyclic) bond motifs is 3. The molecule has 1 aromatic carbocycles. The number of para-hydroxylation sites is 1. The van der Waals surface area contributed by atoms with Crippen LogP contribution in [0.3, 0.4) is 0 Å². The second-order valence-corrected chi connectivity index (χ2v) is 6.82. The minimum atomic E-state index is 0.158. The first-order valence-corrected chi connectivity index (χ1v) is 8.43. The molecule has 4 rings (SSSR count). The fourth-order valence-electron chi connectivity index (χ4n) is 3.73. The summed E-state index contributed by atoms with van der Waals surface area (Å²) in [7, 11) is 2.11. The highest BCUT2D eigenvalue weighted by atomic mass is 16.3. The van der Waals surface area contributed by atoms with Gasteiger partial charge < -0.3 is 4.42 Å². The highest BCUT2D eigenvalue weighted by Gasteiger charge is 2.40. The van der Waals surface area contributed by atoms with Crippen molar-refractivity contribution in [3.63, 3.8) is 0 Å². The zero-order chi connectivity index (χ0) is 17.0. The molecule has 24 heavy (non-hydrogen) atoms. The molecule has 4 heteroatoms. The van der Waals surface area contributed by atoms with E-state index >= 15 is 0 Å². The van der Waals surface area contributed by atoms with Crippen molar-refractivity contribution < 1.29 is 8.98 Å². The van der Waals surface area contributed by atoms with Gasteiger partial charge in [0.25, 0.3) is 5.82 Å². The number of benzene rings is 1. The van der Waals surface area contributed by atoms with Crippen molar-refractivity contribution in [1.82, 2.24) is 0 Å². The molecule has 0 N–H and O–H groups in total. The molecule has 0 saturated heterocycles. The van der Waals surface area contributed by atoms with Gasteiger partial charge in [0.2, 0.25) is 0 Å². The van der Waals surface area contributed by atoms with Crippen molar-refractivity contribution in [2.75, 3.05) is 4.81 Å². The number of furan rings is 1. The van der Waals surface area contributed by atoms with Crippen LogP contribution in [0.4, 0.5) is 5.82 Å². The van der Waals surface area contributed by atoms with Crippen LogP contribution in [0.25, 0.3) is 17.0 Å². The van der Waals surface area contributed by atoms with E-state index < -0.39 is 0 Å². The Bertz CT molecular complexity index is 987. The first-order valence-electron chi connectivity index (χ1n) is 8.43. The molecule has 0 bridgehead atoms. The van der Waals surface area contributed by atoms with Gasteiger partial charge in [-0.1, -0.05) is 18.2 Å². The zero-order valence-corrected chi connectivity index (χ0v) is 14.9. The topological polar surface area (TPSA) is 20.3 Å². The van der Waals surface area contributed by atoms with Gasteiger partial charge in [-0.25, -0.2) is 4.57 Å². The van der Waals surface area contributed by atoms with E-state index in [0.29, 0.717) is 0 Å². The Morgan fingerprint density at radius 2 is 1.83 bits per heavy atom. The van der Waals surface area contributed by atoms with Gasteiger partial charge in [-0.3, -0.25) is 4.81 Å². The maximum absolute atomic E-state index is 6.20. The van der Waals surface area contributed by atoms with E-state index in [4.69, 9.17) is 4.42 Å². The maximum atomic E-state index is 6.20. The lowest BCUT2D eigenvalue weighted by Gasteiger charge is -2.26. The number of hydrogen-bond donors (Lipinski definition) is 0. The van der Waals surface area contributed by atoms with Crippen LogP contribution in [0.2, 0.25) is 6.82 Å². The van der Waals surface area contributed by atoms with E-state index in [1.807, 2.05) is 12.1 Å². The number of pyridine rings is 1. The first kappa shape index (κ1) is 15.1. The molecule has 0 unspecified atom stereocenters. The third-order valence-corrected chi connectivity index (χ3v) is 5.13. The number of nitrogens with zero attached hydrogens (tertiary/aromatic N) is 2. The van der Waals surface area contributed by atoms with Crippen LogP contribution < -0.4 is 15.0 Å². The average Bonchev–Trinajstić information content (AvgIpc) is 2.91. The molecule has 0 aliphatic carbocycles. The van der Waals surface area contributed by atoms with E-state index in [2.05, 4.69) is 74.5 Å². The summed E-state index contributed by atoms with van der Waals surface area (Å²) in [5.74, 6) is 1.19. The molecule has 0 spiro atoms. The molecule has 3 heterocycles. The predicted molar refractivity (Wildman–Crippen MR) is 101 cm³/mol. The molecule has 1 aliphatic heterocycles. The van der Waals surface area contributed by atoms with Crippen LogP contribution in [0.15, 0.2) is 46.6 Å². The van der Waals surface area contributed by atoms with Crippen molar-refractivity contribution in [3.05, 3.63) is 58.9 Å². The lowest BCUT2D eigenvalue weighted by Crippen LogP contribution is -2.52. The van der Waals surface area contributed by atoms with Crippen molar-refractivity contribution in [1.29, 1.82) is 0 Å². The standard InChI is InChI=1S/C20H22BN2O/c1-13-10-19(22(5)12-14(13)2)23-15(3)11-17-16-8-6-7-9-18(16)24-20(17)21(23)4/h6-12H,1-5H3/q+1. The van der Waals surface area contributed by atoms with Crippen LogP contribution in [0.5, 0.6) is 0 Å². The predicted octanol–water partition coefficient (Wildman–Crippen LogP) is 3.58. The highest BCUT2D eigenvalue weighted by Crippen LogP contribution is 2.30. The molecule has 0 atom stereocenters. The Hall–Kier alpha value is -2.49. The molecule has 0 saturated carbocycles. The summed E-state index contributed by atoms with van der Waals surface area (Å²) >= 11 is 0. The van der Waals surface area contributed by atoms with Crippen LogP contribution in [-0.2, 0) is 7.05 Å². The Kier molecular flexibility index (Phi) is 3.31. The molecule has 0 amide bonds. The number of anilines is 1. The summed E-state index contributed by atoms with van der Waals surface area (Å²) < 4.78 is 8.40. The number of aryl methyl sites for hydroxylation is 3. The van der Waals surface area contributed by atoms with Crippen LogP contribution in [-0.4, -0.2) is 6.85 Å². The fraction of sp³-hybridized carbons (Fsp3) is 0.250. The van der Waals surface area contributed by atoms with Crippen LogP contribution in [0, 0.1) is 13.8 Å². The molecular weight excluding hydrogens is 295 g/mol. The molecule has 1 aliphatic rings. The van der Waals surface area contributed by atoms with Gasteiger partial charge in [0.15, 0.2) is 0 Å². The Morgan fingerprint density at radius 3 is 2.62 bits per heavy atom. The summed E-state index contributed by atoms with van der Waals surface area (Å²) in [6.45, 7) is 8.87. The Balaban J connectivity index is 1.90. The molecule has 0 radical (unpaired) electrons. The van der Waals surface area contributed by atoms with E-state index in [9.17, 15) is 0 Å². The fourth-order valence-corrected chi connectivity index (χ4v) is 3.73. The number of hydrogen-bond acceptors (Lipinski definition) is 2. The van der Waals surface area contributed by atoms with E-state index in [-0.39, 0.29) is 6.85 Å². The summed E-state index contributed by atoms with van der Waals surface area (Å²) in [4.78, 5) is 2.36. The number of allylic oxidation sites excluding steroid dienone is 1. The van der Waals surface area contributed by atoms with E-state index in [0.717, 1.165) is 11.2 Å². The summed E-state index contributed by atoms with van der Waals surface area (Å²) in [5, 5.41) is 1.20. The molecule has 3 aromatic rings. The smallest absolute Gasteiger partial charge is 0.447 e. The molecule has 3 nitrogen and oxygen atoms in total. The van der Waals surface area contributed by atoms with Gasteiger partial charge in [0.1, 0.15) is 11.2 Å². The summed E-state index contributed by atoms with van der Waals surface area (Å²) in [6.07, 6.45) is 4.44. The van der Waals surface area contributed by atoms with E-state index in [1.165, 1.54) is 33.6 Å². The van der Waals surface area contributed by atoms with Crippen molar-refractivity contribution >= 4 is 35.4 Å². The average molecular weight is 317 g/mol. The lowest BCUT2D eigenvalue weighted by atomic mass is 9.57. The quantitative estimate of drug-likeness (QED) is 0.505. The van der Waals surface area contributed by atoms with Crippen LogP contribution in [0.1, 0.15) is 23.6 Å². The van der Waals surface area contributed by atoms with Crippen molar-refractivity contribution in [3.8, 4) is 0 Å². The SMILES string of the molecule is CB1c2oc3ccccc3c2C=C(C)N1c1cc(C)c(C)c[n+]1C. The van der Waals surface area contributed by atoms with Crippen molar-refractivity contribution in [2.24, 2.45) is 7.05 Å². The second kappa shape index (κ2) is 5.27. The maximum Gasteiger partial charge on any atom is 0.447 e. The van der Waals surface area contributed by atoms with Gasteiger partial charge >= 0.3 is 6.85 Å². The van der Waals surface area contributed by atoms with Gasteiger partial charge in [-0.15, -0.1) is 0 Å². The van der Waals surface area contributed by atoms with Gasteiger partial charge in [0, 0.05) is 17.0 Å². The summed E-state index contributed by atoms with van der Waals surface area (Å²) in [6, 6.07) is 10.5. The Morgan fingerprint density at radius 1 is 1.08 bits per heavy atom. The number of rotatable bonds is 1. The monoisotopic (exact) mass is 317 g/mol. The molecule has 2 aromatic heterocycles. The second-order valence-electron chi connectivity index (χ2n) is 6.82. The molecule has 0 fully saturated rings. The van der Waals surface area contributed by atoms with Gasteiger partial charge in [-0.05, 0) is 50.9 Å². The number of aromatic nitrogens is 1. The minimum absolute atomic E-state index is 0.158. The third-order valence-electron chi connectivity index (χ3n) is 5.13. The van der Waals surface area contributed by atoms with E-state index in [1.54, 1.807) is 0 Å². The first-order chi connectivity index (χ1) is 11.5. The summed E-state index contributed by atoms with van der Waals surface area (Å²) in [5.41, 5.74) is 7.07. The van der Waals surface area contributed by atoms with Crippen molar-refractivity contribution in [2.45, 2.75) is 27.6 Å². The normalized spacial score (nSPS) is 14.1. The molecule has 120 valence electrons. The van der Waals surface area contributed by atoms with Gasteiger partial charge in [0.05, 0.1) is 18.9 Å². The largest absolute Gasteiger partial charge is 0.465 e. The Labute approximate surface area is 143 Å². The zero-order valence-electron chi connectivity index (χ0n) is 14.9. The third kappa shape index (κ3) is 2.09. The lowest BCUT2D eigenvalue weighted by molar-refractivity contribution is -0.658. The minimum Gasteiger partial charge on any atom is -0.465 e.